The molecule has 1 unspecified atom stereocenters. The van der Waals surface area contributed by atoms with Gasteiger partial charge in [-0.25, -0.2) is 31.8 Å². The number of aromatic nitrogens is 4. The van der Waals surface area contributed by atoms with E-state index in [1.54, 1.807) is 16.8 Å². The van der Waals surface area contributed by atoms with E-state index in [4.69, 9.17) is 19.5 Å². The maximum atomic E-state index is 15.4. The SMILES string of the molecule is CCc1nn(C2CCCCO2)c2ncc(OCc3c(F)ccc(NS(=O)(=O)c4cc(C#N)cnc4OC)c3F)cc12. The second kappa shape index (κ2) is 11.6. The van der Waals surface area contributed by atoms with Gasteiger partial charge in [0.15, 0.2) is 22.6 Å². The number of methoxy groups -OCH3 is 1. The molecule has 0 radical (unpaired) electrons. The van der Waals surface area contributed by atoms with Gasteiger partial charge in [-0.05, 0) is 49.9 Å². The molecule has 14 heteroatoms. The molecule has 0 spiro atoms. The highest BCUT2D eigenvalue weighted by Gasteiger charge is 2.25. The van der Waals surface area contributed by atoms with Crippen molar-refractivity contribution in [3.05, 3.63) is 65.1 Å². The molecule has 0 amide bonds. The Labute approximate surface area is 234 Å². The van der Waals surface area contributed by atoms with Crippen molar-refractivity contribution in [2.24, 2.45) is 0 Å². The second-order valence-electron chi connectivity index (χ2n) is 9.23. The Bertz CT molecular complexity index is 1750. The van der Waals surface area contributed by atoms with Gasteiger partial charge in [-0.1, -0.05) is 6.92 Å². The van der Waals surface area contributed by atoms with Crippen molar-refractivity contribution in [1.29, 1.82) is 5.26 Å². The average Bonchev–Trinajstić information content (AvgIpc) is 3.36. The zero-order valence-electron chi connectivity index (χ0n) is 22.2. The zero-order chi connectivity index (χ0) is 29.1. The molecule has 5 rings (SSSR count). The van der Waals surface area contributed by atoms with Gasteiger partial charge in [-0.15, -0.1) is 0 Å². The summed E-state index contributed by atoms with van der Waals surface area (Å²) >= 11 is 0. The summed E-state index contributed by atoms with van der Waals surface area (Å²) in [5.74, 6) is -2.13. The van der Waals surface area contributed by atoms with Gasteiger partial charge in [-0.2, -0.15) is 10.4 Å². The van der Waals surface area contributed by atoms with Crippen LogP contribution in [0.5, 0.6) is 11.6 Å². The van der Waals surface area contributed by atoms with E-state index in [0.29, 0.717) is 18.7 Å². The van der Waals surface area contributed by atoms with E-state index in [1.807, 2.05) is 6.92 Å². The van der Waals surface area contributed by atoms with E-state index in [1.165, 1.54) is 13.3 Å². The molecular formula is C27H26F2N6O5S. The van der Waals surface area contributed by atoms with Crippen LogP contribution in [0.4, 0.5) is 14.5 Å². The van der Waals surface area contributed by atoms with Gasteiger partial charge >= 0.3 is 0 Å². The van der Waals surface area contributed by atoms with Crippen LogP contribution in [0.2, 0.25) is 0 Å². The first kappa shape index (κ1) is 28.2. The fourth-order valence-electron chi connectivity index (χ4n) is 4.53. The van der Waals surface area contributed by atoms with Crippen LogP contribution in [0, 0.1) is 23.0 Å². The van der Waals surface area contributed by atoms with E-state index in [2.05, 4.69) is 19.8 Å². The Balaban J connectivity index is 1.40. The molecule has 41 heavy (non-hydrogen) atoms. The molecule has 1 saturated heterocycles. The van der Waals surface area contributed by atoms with Crippen molar-refractivity contribution in [3.8, 4) is 17.7 Å². The maximum Gasteiger partial charge on any atom is 0.267 e. The summed E-state index contributed by atoms with van der Waals surface area (Å²) in [6.07, 6.45) is 5.84. The third kappa shape index (κ3) is 5.63. The molecule has 1 aliphatic heterocycles. The van der Waals surface area contributed by atoms with Crippen LogP contribution in [0.3, 0.4) is 0 Å². The second-order valence-corrected chi connectivity index (χ2v) is 10.9. The monoisotopic (exact) mass is 584 g/mol. The molecule has 1 N–H and O–H groups in total. The molecule has 1 aliphatic rings. The van der Waals surface area contributed by atoms with Gasteiger partial charge in [0, 0.05) is 18.2 Å². The first-order chi connectivity index (χ1) is 19.7. The third-order valence-electron chi connectivity index (χ3n) is 6.61. The minimum absolute atomic E-state index is 0.0477. The van der Waals surface area contributed by atoms with Crippen molar-refractivity contribution in [3.63, 3.8) is 0 Å². The summed E-state index contributed by atoms with van der Waals surface area (Å²) in [6.45, 7) is 2.06. The fraction of sp³-hybridized carbons (Fsp3) is 0.333. The van der Waals surface area contributed by atoms with Crippen LogP contribution in [-0.4, -0.2) is 41.9 Å². The predicted molar refractivity (Wildman–Crippen MR) is 143 cm³/mol. The summed E-state index contributed by atoms with van der Waals surface area (Å²) in [7, 11) is -3.27. The minimum Gasteiger partial charge on any atom is -0.487 e. The maximum absolute atomic E-state index is 15.4. The summed E-state index contributed by atoms with van der Waals surface area (Å²) in [5, 5.41) is 14.5. The number of halogens is 2. The number of benzene rings is 1. The molecule has 3 aromatic heterocycles. The number of rotatable bonds is 9. The first-order valence-electron chi connectivity index (χ1n) is 12.8. The highest BCUT2D eigenvalue weighted by Crippen LogP contribution is 2.31. The summed E-state index contributed by atoms with van der Waals surface area (Å²) in [6, 6.07) is 6.40. The molecule has 1 fully saturated rings. The smallest absolute Gasteiger partial charge is 0.267 e. The largest absolute Gasteiger partial charge is 0.487 e. The number of ether oxygens (including phenoxy) is 3. The molecule has 1 atom stereocenters. The molecule has 4 aromatic rings. The van der Waals surface area contributed by atoms with Crippen molar-refractivity contribution >= 4 is 26.7 Å². The predicted octanol–water partition coefficient (Wildman–Crippen LogP) is 4.63. The lowest BCUT2D eigenvalue weighted by molar-refractivity contribution is -0.0372. The van der Waals surface area contributed by atoms with Crippen molar-refractivity contribution in [1.82, 2.24) is 19.7 Å². The quantitative estimate of drug-likeness (QED) is 0.298. The van der Waals surface area contributed by atoms with Crippen LogP contribution >= 0.6 is 0 Å². The number of fused-ring (bicyclic) bond motifs is 1. The summed E-state index contributed by atoms with van der Waals surface area (Å²) in [5.41, 5.74) is 0.341. The molecule has 0 aliphatic carbocycles. The van der Waals surface area contributed by atoms with Crippen LogP contribution in [0.25, 0.3) is 11.0 Å². The van der Waals surface area contributed by atoms with Gasteiger partial charge in [0.25, 0.3) is 10.0 Å². The van der Waals surface area contributed by atoms with Gasteiger partial charge in [-0.3, -0.25) is 4.72 Å². The molecule has 214 valence electrons. The van der Waals surface area contributed by atoms with Crippen molar-refractivity contribution in [2.45, 2.75) is 50.3 Å². The van der Waals surface area contributed by atoms with Crippen LogP contribution in [0.15, 0.2) is 41.6 Å². The van der Waals surface area contributed by atoms with Crippen LogP contribution in [0.1, 0.15) is 49.2 Å². The number of anilines is 1. The van der Waals surface area contributed by atoms with E-state index in [9.17, 15) is 12.8 Å². The van der Waals surface area contributed by atoms with E-state index in [-0.39, 0.29) is 23.4 Å². The minimum atomic E-state index is -4.47. The topological polar surface area (TPSA) is 141 Å². The highest BCUT2D eigenvalue weighted by atomic mass is 32.2. The third-order valence-corrected chi connectivity index (χ3v) is 7.97. The normalized spacial score (nSPS) is 15.4. The number of nitrogens with one attached hydrogen (secondary N) is 1. The average molecular weight is 585 g/mol. The standard InChI is InChI=1S/C27H26F2N6O5S/c1-3-21-18-11-17(14-31-26(18)35(33-21)24-6-4-5-9-39-24)40-15-19-20(28)7-8-22(25(19)29)34-41(36,37)23-10-16(12-30)13-32-27(23)38-2/h7-8,10-11,13-14,24,34H,3-6,9,15H2,1-2H3. The van der Waals surface area contributed by atoms with Gasteiger partial charge in [0.1, 0.15) is 24.2 Å². The van der Waals surface area contributed by atoms with E-state index < -0.39 is 44.4 Å². The number of sulfonamides is 1. The molecule has 0 saturated carbocycles. The number of nitrogens with zero attached hydrogens (tertiary/aromatic N) is 5. The van der Waals surface area contributed by atoms with E-state index >= 15 is 4.39 Å². The Kier molecular flexibility index (Phi) is 8.00. The molecule has 0 bridgehead atoms. The molecule has 1 aromatic carbocycles. The molecule has 4 heterocycles. The van der Waals surface area contributed by atoms with Crippen LogP contribution in [-0.2, 0) is 27.8 Å². The number of pyridine rings is 2. The molecular weight excluding hydrogens is 558 g/mol. The zero-order valence-corrected chi connectivity index (χ0v) is 23.0. The number of hydrogen-bond acceptors (Lipinski definition) is 9. The lowest BCUT2D eigenvalue weighted by Gasteiger charge is -2.23. The fourth-order valence-corrected chi connectivity index (χ4v) is 5.73. The van der Waals surface area contributed by atoms with Gasteiger partial charge in [0.2, 0.25) is 5.88 Å². The number of nitriles is 1. The lowest BCUT2D eigenvalue weighted by atomic mass is 10.2. The van der Waals surface area contributed by atoms with Crippen molar-refractivity contribution < 1.29 is 31.4 Å². The Hall–Kier alpha value is -4.35. The Morgan fingerprint density at radius 3 is 2.76 bits per heavy atom. The first-order valence-corrected chi connectivity index (χ1v) is 14.3. The Morgan fingerprint density at radius 2 is 2.05 bits per heavy atom. The lowest BCUT2D eigenvalue weighted by Crippen LogP contribution is -2.19. The summed E-state index contributed by atoms with van der Waals surface area (Å²) < 4.78 is 76.5. The number of hydrogen-bond donors (Lipinski definition) is 1. The van der Waals surface area contributed by atoms with Gasteiger partial charge in [0.05, 0.1) is 35.8 Å². The van der Waals surface area contributed by atoms with E-state index in [0.717, 1.165) is 54.7 Å². The van der Waals surface area contributed by atoms with Crippen LogP contribution < -0.4 is 14.2 Å². The van der Waals surface area contributed by atoms with Crippen molar-refractivity contribution in [2.75, 3.05) is 18.4 Å². The number of aryl methyl sites for hydroxylation is 1. The molecule has 11 nitrogen and oxygen atoms in total. The van der Waals surface area contributed by atoms with Gasteiger partial charge < -0.3 is 14.2 Å². The Morgan fingerprint density at radius 1 is 1.22 bits per heavy atom. The highest BCUT2D eigenvalue weighted by molar-refractivity contribution is 7.92. The summed E-state index contributed by atoms with van der Waals surface area (Å²) in [4.78, 5) is 7.81.